The zero-order valence-electron chi connectivity index (χ0n) is 20.8. The minimum atomic E-state index is 0.251. The highest BCUT2D eigenvalue weighted by molar-refractivity contribution is 5.48. The van der Waals surface area contributed by atoms with Gasteiger partial charge in [-0.15, -0.1) is 0 Å². The summed E-state index contributed by atoms with van der Waals surface area (Å²) in [6.45, 7) is 1.87. The third-order valence-electron chi connectivity index (χ3n) is 6.58. The number of rotatable bonds is 12. The van der Waals surface area contributed by atoms with Crippen molar-refractivity contribution >= 4 is 0 Å². The van der Waals surface area contributed by atoms with Gasteiger partial charge in [-0.05, 0) is 63.3 Å². The van der Waals surface area contributed by atoms with E-state index < -0.39 is 0 Å². The van der Waals surface area contributed by atoms with Crippen molar-refractivity contribution < 1.29 is 4.74 Å². The molecule has 0 spiro atoms. The third-order valence-corrected chi connectivity index (χ3v) is 6.58. The Hall–Kier alpha value is -3.40. The van der Waals surface area contributed by atoms with Crippen molar-refractivity contribution in [3.8, 4) is 11.5 Å². The molecule has 2 atom stereocenters. The van der Waals surface area contributed by atoms with E-state index in [1.807, 2.05) is 14.1 Å². The van der Waals surface area contributed by atoms with Crippen molar-refractivity contribution in [1.82, 2.24) is 10.6 Å². The van der Waals surface area contributed by atoms with Gasteiger partial charge >= 0.3 is 0 Å². The molecule has 0 heterocycles. The van der Waals surface area contributed by atoms with E-state index >= 15 is 0 Å². The number of hydrogen-bond donors (Lipinski definition) is 2. The first-order valence-corrected chi connectivity index (χ1v) is 12.6. The molecule has 0 radical (unpaired) electrons. The van der Waals surface area contributed by atoms with Crippen molar-refractivity contribution in [2.24, 2.45) is 0 Å². The molecule has 35 heavy (non-hydrogen) atoms. The van der Waals surface area contributed by atoms with Crippen LogP contribution in [0.1, 0.15) is 46.9 Å². The van der Waals surface area contributed by atoms with E-state index in [1.165, 1.54) is 22.3 Å². The number of benzene rings is 4. The molecule has 0 aromatic heterocycles. The monoisotopic (exact) mass is 464 g/mol. The van der Waals surface area contributed by atoms with Crippen LogP contribution < -0.4 is 15.4 Å². The van der Waals surface area contributed by atoms with Crippen molar-refractivity contribution in [3.05, 3.63) is 131 Å². The fourth-order valence-electron chi connectivity index (χ4n) is 4.79. The smallest absolute Gasteiger partial charge is 0.131 e. The lowest BCUT2D eigenvalue weighted by Crippen LogP contribution is -2.14. The molecule has 3 heteroatoms. The van der Waals surface area contributed by atoms with Gasteiger partial charge in [0, 0.05) is 23.0 Å². The summed E-state index contributed by atoms with van der Waals surface area (Å²) in [4.78, 5) is 0. The van der Waals surface area contributed by atoms with Crippen molar-refractivity contribution in [1.29, 1.82) is 0 Å². The first kappa shape index (κ1) is 24.7. The van der Waals surface area contributed by atoms with Gasteiger partial charge in [0.15, 0.2) is 0 Å². The number of nitrogens with one attached hydrogen (secondary N) is 2. The maximum atomic E-state index is 6.76. The van der Waals surface area contributed by atoms with Crippen LogP contribution in [0, 0.1) is 0 Å². The van der Waals surface area contributed by atoms with E-state index in [0.29, 0.717) is 0 Å². The Morgan fingerprint density at radius 3 is 1.29 bits per heavy atom. The summed E-state index contributed by atoms with van der Waals surface area (Å²) < 4.78 is 6.76. The molecule has 0 aliphatic rings. The molecule has 4 aromatic carbocycles. The first-order chi connectivity index (χ1) is 17.3. The minimum Gasteiger partial charge on any atom is -0.457 e. The number of para-hydroxylation sites is 2. The van der Waals surface area contributed by atoms with Gasteiger partial charge in [-0.3, -0.25) is 0 Å². The van der Waals surface area contributed by atoms with Crippen molar-refractivity contribution in [3.63, 3.8) is 0 Å². The van der Waals surface area contributed by atoms with Crippen LogP contribution in [0.15, 0.2) is 109 Å². The summed E-state index contributed by atoms with van der Waals surface area (Å²) in [6, 6.07) is 38.5. The van der Waals surface area contributed by atoms with Gasteiger partial charge in [0.05, 0.1) is 0 Å². The maximum Gasteiger partial charge on any atom is 0.131 e. The molecule has 2 N–H and O–H groups in total. The van der Waals surface area contributed by atoms with E-state index in [1.54, 1.807) is 0 Å². The average Bonchev–Trinajstić information content (AvgIpc) is 2.92. The van der Waals surface area contributed by atoms with Crippen molar-refractivity contribution in [2.75, 3.05) is 27.2 Å². The van der Waals surface area contributed by atoms with E-state index in [-0.39, 0.29) is 11.8 Å². The fraction of sp³-hybridized carbons (Fsp3) is 0.250. The molecule has 180 valence electrons. The summed E-state index contributed by atoms with van der Waals surface area (Å²) in [7, 11) is 4.02. The van der Waals surface area contributed by atoms with Crippen molar-refractivity contribution in [2.45, 2.75) is 24.7 Å². The maximum absolute atomic E-state index is 6.76. The second kappa shape index (κ2) is 12.9. The Balaban J connectivity index is 1.72. The SMILES string of the molecule is CNCCC(c1ccccc1)c1ccccc1Oc1ccccc1C(CCNC)c1ccccc1. The standard InChI is InChI=1S/C32H36N2O/c1-33-23-21-27(25-13-5-3-6-14-25)29-17-9-11-19-31(29)35-32-20-12-10-18-30(32)28(22-24-34-2)26-15-7-4-8-16-26/h3-20,27-28,33-34H,21-24H2,1-2H3. The third kappa shape index (κ3) is 6.39. The molecule has 4 aromatic rings. The van der Waals surface area contributed by atoms with E-state index in [9.17, 15) is 0 Å². The highest BCUT2D eigenvalue weighted by Crippen LogP contribution is 2.40. The van der Waals surface area contributed by atoms with Gasteiger partial charge < -0.3 is 15.4 Å². The van der Waals surface area contributed by atoms with E-state index in [4.69, 9.17) is 4.74 Å². The van der Waals surface area contributed by atoms with Crippen LogP contribution in [-0.4, -0.2) is 27.2 Å². The molecule has 0 aliphatic carbocycles. The van der Waals surface area contributed by atoms with Gasteiger partial charge in [-0.25, -0.2) is 0 Å². The molecule has 0 saturated heterocycles. The van der Waals surface area contributed by atoms with Crippen LogP contribution in [0.4, 0.5) is 0 Å². The lowest BCUT2D eigenvalue weighted by atomic mass is 9.87. The second-order valence-corrected chi connectivity index (χ2v) is 8.89. The van der Waals surface area contributed by atoms with Crippen LogP contribution in [0.3, 0.4) is 0 Å². The number of ether oxygens (including phenoxy) is 1. The van der Waals surface area contributed by atoms with Crippen LogP contribution in [0.2, 0.25) is 0 Å². The molecule has 3 nitrogen and oxygen atoms in total. The highest BCUT2D eigenvalue weighted by atomic mass is 16.5. The Labute approximate surface area is 210 Å². The molecular formula is C32H36N2O. The van der Waals surface area contributed by atoms with Crippen LogP contribution >= 0.6 is 0 Å². The van der Waals surface area contributed by atoms with E-state index in [0.717, 1.165) is 37.4 Å². The molecule has 0 bridgehead atoms. The molecule has 0 fully saturated rings. The lowest BCUT2D eigenvalue weighted by molar-refractivity contribution is 0.460. The summed E-state index contributed by atoms with van der Waals surface area (Å²) in [6.07, 6.45) is 1.99. The normalized spacial score (nSPS) is 12.7. The van der Waals surface area contributed by atoms with Gasteiger partial charge in [0.25, 0.3) is 0 Å². The second-order valence-electron chi connectivity index (χ2n) is 8.89. The molecule has 0 saturated carbocycles. The van der Waals surface area contributed by atoms with Crippen LogP contribution in [-0.2, 0) is 0 Å². The van der Waals surface area contributed by atoms with Gasteiger partial charge in [0.1, 0.15) is 11.5 Å². The molecule has 4 rings (SSSR count). The topological polar surface area (TPSA) is 33.3 Å². The number of hydrogen-bond acceptors (Lipinski definition) is 3. The van der Waals surface area contributed by atoms with Crippen LogP contribution in [0.25, 0.3) is 0 Å². The van der Waals surface area contributed by atoms with Crippen LogP contribution in [0.5, 0.6) is 11.5 Å². The van der Waals surface area contributed by atoms with Gasteiger partial charge in [-0.1, -0.05) is 97.1 Å². The Bertz CT molecular complexity index is 1070. The average molecular weight is 465 g/mol. The Morgan fingerprint density at radius 2 is 0.886 bits per heavy atom. The quantitative estimate of drug-likeness (QED) is 0.238. The summed E-state index contributed by atoms with van der Waals surface area (Å²) in [5, 5.41) is 6.64. The van der Waals surface area contributed by atoms with Gasteiger partial charge in [0.2, 0.25) is 0 Å². The fourth-order valence-corrected chi connectivity index (χ4v) is 4.79. The predicted octanol–water partition coefficient (Wildman–Crippen LogP) is 6.96. The lowest BCUT2D eigenvalue weighted by Gasteiger charge is -2.24. The molecule has 0 amide bonds. The van der Waals surface area contributed by atoms with E-state index in [2.05, 4.69) is 120 Å². The summed E-state index contributed by atoms with van der Waals surface area (Å²) >= 11 is 0. The summed E-state index contributed by atoms with van der Waals surface area (Å²) in [5.41, 5.74) is 5.05. The minimum absolute atomic E-state index is 0.251. The largest absolute Gasteiger partial charge is 0.457 e. The summed E-state index contributed by atoms with van der Waals surface area (Å²) in [5.74, 6) is 2.35. The predicted molar refractivity (Wildman–Crippen MR) is 147 cm³/mol. The molecule has 2 unspecified atom stereocenters. The first-order valence-electron chi connectivity index (χ1n) is 12.6. The molecule has 0 aliphatic heterocycles. The Morgan fingerprint density at radius 1 is 0.514 bits per heavy atom. The van der Waals surface area contributed by atoms with Gasteiger partial charge in [-0.2, -0.15) is 0 Å². The Kier molecular flexibility index (Phi) is 9.11. The zero-order valence-corrected chi connectivity index (χ0v) is 20.8. The molecular weight excluding hydrogens is 428 g/mol. The highest BCUT2D eigenvalue weighted by Gasteiger charge is 2.21. The zero-order chi connectivity index (χ0) is 24.3.